The number of aliphatic carboxylic acids is 1. The van der Waals surface area contributed by atoms with Gasteiger partial charge in [-0.2, -0.15) is 0 Å². The van der Waals surface area contributed by atoms with Gasteiger partial charge in [0, 0.05) is 19.3 Å². The van der Waals surface area contributed by atoms with Crippen LogP contribution in [-0.4, -0.2) is 34.4 Å². The summed E-state index contributed by atoms with van der Waals surface area (Å²) in [6, 6.07) is 0. The largest absolute Gasteiger partial charge is 0.481 e. The summed E-state index contributed by atoms with van der Waals surface area (Å²) in [5, 5.41) is 19.5. The fourth-order valence-electron chi connectivity index (χ4n) is 9.04. The average Bonchev–Trinajstić information content (AvgIpc) is 3.04. The minimum atomic E-state index is -0.698. The van der Waals surface area contributed by atoms with Gasteiger partial charge in [0.25, 0.3) is 0 Å². The molecule has 0 aromatic rings. The molecule has 6 unspecified atom stereocenters. The number of hydrogen-bond acceptors (Lipinski definition) is 4. The van der Waals surface area contributed by atoms with E-state index in [0.717, 1.165) is 38.5 Å². The van der Waals surface area contributed by atoms with Crippen molar-refractivity contribution in [3.8, 4) is 0 Å². The fourth-order valence-corrected chi connectivity index (χ4v) is 9.04. The smallest absolute Gasteiger partial charge is 0.303 e. The van der Waals surface area contributed by atoms with Crippen LogP contribution in [0.25, 0.3) is 0 Å². The van der Waals surface area contributed by atoms with E-state index in [2.05, 4.69) is 20.8 Å². The zero-order valence-corrected chi connectivity index (χ0v) is 19.8. The Morgan fingerprint density at radius 3 is 2.39 bits per heavy atom. The summed E-state index contributed by atoms with van der Waals surface area (Å²) in [4.78, 5) is 23.2. The first-order valence-electron chi connectivity index (χ1n) is 12.6. The quantitative estimate of drug-likeness (QED) is 0.592. The highest BCUT2D eigenvalue weighted by Gasteiger charge is 2.63. The summed E-state index contributed by atoms with van der Waals surface area (Å²) in [5.74, 6) is 2.00. The van der Waals surface area contributed by atoms with Gasteiger partial charge in [-0.25, -0.2) is 0 Å². The lowest BCUT2D eigenvalue weighted by Gasteiger charge is -2.62. The second-order valence-electron chi connectivity index (χ2n) is 11.9. The number of hydrogen-bond donors (Lipinski definition) is 2. The van der Waals surface area contributed by atoms with Crippen molar-refractivity contribution in [2.75, 3.05) is 0 Å². The van der Waals surface area contributed by atoms with Crippen molar-refractivity contribution in [3.63, 3.8) is 0 Å². The molecular weight excluding hydrogens is 392 g/mol. The molecule has 0 aliphatic heterocycles. The first-order chi connectivity index (χ1) is 14.6. The van der Waals surface area contributed by atoms with Gasteiger partial charge in [-0.3, -0.25) is 9.59 Å². The molecule has 2 N–H and O–H groups in total. The van der Waals surface area contributed by atoms with E-state index < -0.39 is 5.97 Å². The number of carbonyl (C=O) groups is 2. The zero-order chi connectivity index (χ0) is 22.6. The van der Waals surface area contributed by atoms with Crippen molar-refractivity contribution in [2.24, 2.45) is 46.3 Å². The zero-order valence-electron chi connectivity index (χ0n) is 19.8. The molecule has 0 amide bonds. The maximum Gasteiger partial charge on any atom is 0.303 e. The predicted octanol–water partition coefficient (Wildman–Crippen LogP) is 5.05. The van der Waals surface area contributed by atoms with Crippen LogP contribution in [0.4, 0.5) is 0 Å². The van der Waals surface area contributed by atoms with E-state index in [0.29, 0.717) is 35.5 Å². The van der Waals surface area contributed by atoms with Crippen LogP contribution in [0.15, 0.2) is 0 Å². The third-order valence-electron chi connectivity index (χ3n) is 10.5. The third kappa shape index (κ3) is 3.94. The van der Waals surface area contributed by atoms with E-state index in [4.69, 9.17) is 9.84 Å². The maximum absolute atomic E-state index is 12.1. The van der Waals surface area contributed by atoms with Gasteiger partial charge in [0.2, 0.25) is 0 Å². The SMILES string of the molecule is CC(=O)OC1CC2C[C@H](O)CC[C@]2(C)C2CC[C@@]3(C)C(CCC3[C@H](C)CCC(=O)O)C12. The standard InChI is InChI=1S/C26H42O5/c1-15(5-8-23(29)30)19-6-7-20-24-21(10-12-26(19,20)4)25(3)11-9-18(28)13-17(25)14-22(24)31-16(2)27/h15,17-22,24,28H,5-14H2,1-4H3,(H,29,30)/t15-,17?,18-,19?,20?,21?,22?,24?,25+,26-/m1/s1. The van der Waals surface area contributed by atoms with Crippen molar-refractivity contribution in [3.05, 3.63) is 0 Å². The van der Waals surface area contributed by atoms with Crippen LogP contribution in [0.3, 0.4) is 0 Å². The molecule has 4 aliphatic rings. The van der Waals surface area contributed by atoms with E-state index in [-0.39, 0.29) is 35.4 Å². The molecule has 0 spiro atoms. The Labute approximate surface area is 187 Å². The molecule has 5 nitrogen and oxygen atoms in total. The highest BCUT2D eigenvalue weighted by molar-refractivity contribution is 5.66. The number of ether oxygens (including phenoxy) is 1. The van der Waals surface area contributed by atoms with E-state index in [9.17, 15) is 14.7 Å². The lowest BCUT2D eigenvalue weighted by molar-refractivity contribution is -0.194. The summed E-state index contributed by atoms with van der Waals surface area (Å²) in [6.07, 6.45) is 9.14. The Bertz CT molecular complexity index is 706. The number of rotatable bonds is 5. The summed E-state index contributed by atoms with van der Waals surface area (Å²) in [7, 11) is 0. The topological polar surface area (TPSA) is 83.8 Å². The number of fused-ring (bicyclic) bond motifs is 5. The number of aliphatic hydroxyl groups is 1. The first-order valence-corrected chi connectivity index (χ1v) is 12.6. The summed E-state index contributed by atoms with van der Waals surface area (Å²) in [5.41, 5.74) is 0.434. The van der Waals surface area contributed by atoms with E-state index in [1.165, 1.54) is 26.2 Å². The van der Waals surface area contributed by atoms with Crippen LogP contribution in [0.5, 0.6) is 0 Å². The van der Waals surface area contributed by atoms with Gasteiger partial charge in [-0.05, 0) is 98.2 Å². The number of esters is 1. The molecular formula is C26H42O5. The number of aliphatic hydroxyl groups excluding tert-OH is 1. The summed E-state index contributed by atoms with van der Waals surface area (Å²) in [6.45, 7) is 8.69. The minimum Gasteiger partial charge on any atom is -0.481 e. The van der Waals surface area contributed by atoms with Crippen molar-refractivity contribution in [2.45, 2.75) is 104 Å². The van der Waals surface area contributed by atoms with E-state index >= 15 is 0 Å². The third-order valence-corrected chi connectivity index (χ3v) is 10.5. The fraction of sp³-hybridized carbons (Fsp3) is 0.923. The lowest BCUT2D eigenvalue weighted by Crippen LogP contribution is -2.59. The second kappa shape index (κ2) is 8.35. The van der Waals surface area contributed by atoms with Crippen LogP contribution in [0, 0.1) is 46.3 Å². The van der Waals surface area contributed by atoms with Gasteiger partial charge in [0.1, 0.15) is 6.10 Å². The highest BCUT2D eigenvalue weighted by Crippen LogP contribution is 2.68. The molecule has 0 radical (unpaired) electrons. The van der Waals surface area contributed by atoms with Crippen molar-refractivity contribution in [1.82, 2.24) is 0 Å². The van der Waals surface area contributed by atoms with Gasteiger partial charge in [-0.15, -0.1) is 0 Å². The molecule has 4 aliphatic carbocycles. The van der Waals surface area contributed by atoms with Gasteiger partial charge in [-0.1, -0.05) is 20.8 Å². The summed E-state index contributed by atoms with van der Waals surface area (Å²) < 4.78 is 6.02. The van der Waals surface area contributed by atoms with Crippen molar-refractivity contribution < 1.29 is 24.5 Å². The number of carboxylic acid groups (broad SMARTS) is 1. The predicted molar refractivity (Wildman–Crippen MR) is 118 cm³/mol. The maximum atomic E-state index is 12.1. The first kappa shape index (κ1) is 23.1. The molecule has 4 fully saturated rings. The van der Waals surface area contributed by atoms with Crippen LogP contribution in [-0.2, 0) is 14.3 Å². The monoisotopic (exact) mass is 434 g/mol. The lowest BCUT2D eigenvalue weighted by atomic mass is 9.43. The minimum absolute atomic E-state index is 0.0384. The Hall–Kier alpha value is -1.10. The normalized spacial score (nSPS) is 47.6. The van der Waals surface area contributed by atoms with Crippen molar-refractivity contribution in [1.29, 1.82) is 0 Å². The highest BCUT2D eigenvalue weighted by atomic mass is 16.5. The molecule has 10 atom stereocenters. The van der Waals surface area contributed by atoms with Gasteiger partial charge >= 0.3 is 11.9 Å². The van der Waals surface area contributed by atoms with Gasteiger partial charge < -0.3 is 14.9 Å². The Kier molecular flexibility index (Phi) is 6.22. The molecule has 4 rings (SSSR count). The molecule has 0 aromatic heterocycles. The van der Waals surface area contributed by atoms with Gasteiger partial charge in [0.05, 0.1) is 6.10 Å². The van der Waals surface area contributed by atoms with Crippen LogP contribution in [0.2, 0.25) is 0 Å². The number of carboxylic acids is 1. The molecule has 0 heterocycles. The molecule has 5 heteroatoms. The van der Waals surface area contributed by atoms with Crippen LogP contribution < -0.4 is 0 Å². The van der Waals surface area contributed by atoms with E-state index in [1.807, 2.05) is 0 Å². The van der Waals surface area contributed by atoms with E-state index in [1.54, 1.807) is 0 Å². The number of carbonyl (C=O) groups excluding carboxylic acids is 1. The summed E-state index contributed by atoms with van der Waals surface area (Å²) >= 11 is 0. The Balaban J connectivity index is 1.62. The average molecular weight is 435 g/mol. The Morgan fingerprint density at radius 1 is 1.03 bits per heavy atom. The van der Waals surface area contributed by atoms with Crippen LogP contribution >= 0.6 is 0 Å². The molecule has 4 saturated carbocycles. The second-order valence-corrected chi connectivity index (χ2v) is 11.9. The van der Waals surface area contributed by atoms with Crippen molar-refractivity contribution >= 4 is 11.9 Å². The van der Waals surface area contributed by atoms with Crippen LogP contribution in [0.1, 0.15) is 91.9 Å². The molecule has 176 valence electrons. The van der Waals surface area contributed by atoms with Gasteiger partial charge in [0.15, 0.2) is 0 Å². The Morgan fingerprint density at radius 2 is 1.71 bits per heavy atom. The molecule has 0 bridgehead atoms. The molecule has 0 aromatic carbocycles. The molecule has 31 heavy (non-hydrogen) atoms. The molecule has 0 saturated heterocycles.